The Bertz CT molecular complexity index is 1030. The molecule has 3 aromatic rings. The highest BCUT2D eigenvalue weighted by atomic mass is 79.9. The fourth-order valence-electron chi connectivity index (χ4n) is 3.16. The smallest absolute Gasteiger partial charge is 0.343 e. The largest absolute Gasteiger partial charge is 0.494 e. The quantitative estimate of drug-likeness (QED) is 0.106. The molecular weight excluding hydrogens is 480 g/mol. The minimum Gasteiger partial charge on any atom is -0.494 e. The van der Waals surface area contributed by atoms with Crippen molar-refractivity contribution in [3.8, 4) is 11.5 Å². The molecule has 0 N–H and O–H groups in total. The number of carbonyl (C=O) groups excluding carboxylic acids is 1. The fourth-order valence-corrected chi connectivity index (χ4v) is 3.54. The third kappa shape index (κ3) is 8.81. The summed E-state index contributed by atoms with van der Waals surface area (Å²) < 4.78 is 12.0. The van der Waals surface area contributed by atoms with Gasteiger partial charge in [-0.2, -0.15) is 10.2 Å². The van der Waals surface area contributed by atoms with E-state index in [0.29, 0.717) is 17.0 Å². The average molecular weight is 509 g/mol. The lowest BCUT2D eigenvalue weighted by Gasteiger charge is -2.06. The summed E-state index contributed by atoms with van der Waals surface area (Å²) in [6.45, 7) is 2.97. The highest BCUT2D eigenvalue weighted by Crippen LogP contribution is 2.23. The molecule has 5 nitrogen and oxygen atoms in total. The van der Waals surface area contributed by atoms with E-state index in [9.17, 15) is 4.79 Å². The first-order valence-electron chi connectivity index (χ1n) is 11.4. The summed E-state index contributed by atoms with van der Waals surface area (Å²) in [5.41, 5.74) is 1.83. The number of rotatable bonds is 12. The first-order valence-corrected chi connectivity index (χ1v) is 12.2. The summed E-state index contributed by atoms with van der Waals surface area (Å²) >= 11 is 3.36. The highest BCUT2D eigenvalue weighted by molar-refractivity contribution is 9.10. The van der Waals surface area contributed by atoms with E-state index in [1.165, 1.54) is 32.1 Å². The van der Waals surface area contributed by atoms with E-state index in [4.69, 9.17) is 9.47 Å². The molecule has 0 aliphatic heterocycles. The molecule has 0 bridgehead atoms. The van der Waals surface area contributed by atoms with Gasteiger partial charge in [-0.15, -0.1) is 0 Å². The molecule has 0 unspecified atom stereocenters. The number of azo groups is 1. The van der Waals surface area contributed by atoms with Gasteiger partial charge in [-0.25, -0.2) is 4.79 Å². The Labute approximate surface area is 204 Å². The number of ether oxygens (including phenoxy) is 2. The van der Waals surface area contributed by atoms with Crippen LogP contribution in [0.2, 0.25) is 0 Å². The molecule has 0 saturated carbocycles. The number of hydrogen-bond acceptors (Lipinski definition) is 5. The van der Waals surface area contributed by atoms with Gasteiger partial charge in [0.15, 0.2) is 0 Å². The van der Waals surface area contributed by atoms with Crippen molar-refractivity contribution in [1.82, 2.24) is 0 Å². The number of benzene rings is 3. The second kappa shape index (κ2) is 13.5. The minimum atomic E-state index is -0.423. The van der Waals surface area contributed by atoms with Crippen LogP contribution in [-0.2, 0) is 0 Å². The van der Waals surface area contributed by atoms with E-state index >= 15 is 0 Å². The van der Waals surface area contributed by atoms with Crippen molar-refractivity contribution in [3.05, 3.63) is 82.8 Å². The molecule has 0 aromatic heterocycles. The zero-order chi connectivity index (χ0) is 23.3. The van der Waals surface area contributed by atoms with Crippen molar-refractivity contribution in [2.45, 2.75) is 45.4 Å². The zero-order valence-corrected chi connectivity index (χ0v) is 20.5. The summed E-state index contributed by atoms with van der Waals surface area (Å²) in [7, 11) is 0. The zero-order valence-electron chi connectivity index (χ0n) is 18.9. The Morgan fingerprint density at radius 2 is 1.42 bits per heavy atom. The molecule has 0 atom stereocenters. The van der Waals surface area contributed by atoms with Crippen LogP contribution < -0.4 is 9.47 Å². The Balaban J connectivity index is 1.45. The molecule has 0 amide bonds. The van der Waals surface area contributed by atoms with Crippen molar-refractivity contribution >= 4 is 33.3 Å². The van der Waals surface area contributed by atoms with Crippen molar-refractivity contribution in [2.75, 3.05) is 6.61 Å². The summed E-state index contributed by atoms with van der Waals surface area (Å²) in [5.74, 6) is 0.904. The lowest BCUT2D eigenvalue weighted by atomic mass is 10.1. The Morgan fingerprint density at radius 1 is 0.788 bits per heavy atom. The van der Waals surface area contributed by atoms with Crippen LogP contribution in [-0.4, -0.2) is 12.6 Å². The summed E-state index contributed by atoms with van der Waals surface area (Å²) in [6, 6.07) is 21.5. The Hall–Kier alpha value is -2.99. The van der Waals surface area contributed by atoms with Crippen LogP contribution in [0.4, 0.5) is 11.4 Å². The summed E-state index contributed by atoms with van der Waals surface area (Å²) in [4.78, 5) is 12.3. The highest BCUT2D eigenvalue weighted by Gasteiger charge is 2.08. The minimum absolute atomic E-state index is 0.423. The molecule has 3 rings (SSSR count). The number of esters is 1. The molecule has 172 valence electrons. The maximum absolute atomic E-state index is 12.3. The summed E-state index contributed by atoms with van der Waals surface area (Å²) in [6.07, 6.45) is 7.48. The molecule has 0 radical (unpaired) electrons. The Morgan fingerprint density at radius 3 is 2.09 bits per heavy atom. The van der Waals surface area contributed by atoms with Gasteiger partial charge in [-0.05, 0) is 73.2 Å². The molecule has 0 aliphatic carbocycles. The molecule has 0 fully saturated rings. The number of nitrogens with zero attached hydrogens (tertiary/aromatic N) is 2. The number of halogens is 1. The average Bonchev–Trinajstić information content (AvgIpc) is 2.83. The molecule has 0 spiro atoms. The van der Waals surface area contributed by atoms with E-state index in [-0.39, 0.29) is 0 Å². The van der Waals surface area contributed by atoms with Gasteiger partial charge in [0.2, 0.25) is 0 Å². The predicted octanol–water partition coefficient (Wildman–Crippen LogP) is 8.82. The predicted molar refractivity (Wildman–Crippen MR) is 135 cm³/mol. The molecule has 33 heavy (non-hydrogen) atoms. The molecule has 0 aliphatic rings. The van der Waals surface area contributed by atoms with Crippen molar-refractivity contribution < 1.29 is 14.3 Å². The van der Waals surface area contributed by atoms with Crippen LogP contribution in [0.15, 0.2) is 87.5 Å². The third-order valence-corrected chi connectivity index (χ3v) is 5.49. The van der Waals surface area contributed by atoms with Crippen LogP contribution in [0.5, 0.6) is 11.5 Å². The Kier molecular flexibility index (Phi) is 10.1. The second-order valence-corrected chi connectivity index (χ2v) is 8.62. The monoisotopic (exact) mass is 508 g/mol. The second-order valence-electron chi connectivity index (χ2n) is 7.70. The molecule has 0 saturated heterocycles. The molecule has 3 aromatic carbocycles. The van der Waals surface area contributed by atoms with Crippen LogP contribution in [0.25, 0.3) is 0 Å². The van der Waals surface area contributed by atoms with Crippen molar-refractivity contribution in [1.29, 1.82) is 0 Å². The fraction of sp³-hybridized carbons (Fsp3) is 0.296. The molecular formula is C27H29BrN2O3. The van der Waals surface area contributed by atoms with E-state index in [2.05, 4.69) is 33.1 Å². The van der Waals surface area contributed by atoms with Crippen molar-refractivity contribution in [3.63, 3.8) is 0 Å². The van der Waals surface area contributed by atoms with Crippen molar-refractivity contribution in [2.24, 2.45) is 10.2 Å². The lowest BCUT2D eigenvalue weighted by molar-refractivity contribution is 0.0734. The van der Waals surface area contributed by atoms with E-state index in [1.807, 2.05) is 36.4 Å². The van der Waals surface area contributed by atoms with Crippen LogP contribution >= 0.6 is 15.9 Å². The molecule has 0 heterocycles. The van der Waals surface area contributed by atoms with Gasteiger partial charge < -0.3 is 9.47 Å². The first kappa shape index (κ1) is 24.6. The van der Waals surface area contributed by atoms with E-state index in [0.717, 1.165) is 28.9 Å². The standard InChI is InChI=1S/C27H29BrN2O3/c1-2-3-4-5-6-7-19-32-25-17-15-24(16-18-25)30-29-23-13-11-21(12-14-23)27(31)33-26-10-8-9-22(28)20-26/h8-18,20H,2-7,19H2,1H3. The van der Waals surface area contributed by atoms with Gasteiger partial charge in [0.05, 0.1) is 23.5 Å². The van der Waals surface area contributed by atoms with Gasteiger partial charge in [0.1, 0.15) is 11.5 Å². The van der Waals surface area contributed by atoms with Crippen LogP contribution in [0, 0.1) is 0 Å². The van der Waals surface area contributed by atoms with Gasteiger partial charge in [0, 0.05) is 4.47 Å². The SMILES string of the molecule is CCCCCCCCOc1ccc(N=Nc2ccc(C(=O)Oc3cccc(Br)c3)cc2)cc1. The molecule has 6 heteroatoms. The van der Waals surface area contributed by atoms with Crippen LogP contribution in [0.1, 0.15) is 55.8 Å². The normalized spacial score (nSPS) is 11.0. The number of unbranched alkanes of at least 4 members (excludes halogenated alkanes) is 5. The first-order chi connectivity index (χ1) is 16.1. The van der Waals surface area contributed by atoms with Gasteiger partial charge >= 0.3 is 5.97 Å². The van der Waals surface area contributed by atoms with Gasteiger partial charge in [0.25, 0.3) is 0 Å². The number of hydrogen-bond donors (Lipinski definition) is 0. The summed E-state index contributed by atoms with van der Waals surface area (Å²) in [5, 5.41) is 8.49. The van der Waals surface area contributed by atoms with E-state index < -0.39 is 5.97 Å². The van der Waals surface area contributed by atoms with Crippen LogP contribution in [0.3, 0.4) is 0 Å². The lowest BCUT2D eigenvalue weighted by Crippen LogP contribution is -2.07. The third-order valence-electron chi connectivity index (χ3n) is 4.99. The van der Waals surface area contributed by atoms with Gasteiger partial charge in [-0.3, -0.25) is 0 Å². The topological polar surface area (TPSA) is 60.2 Å². The van der Waals surface area contributed by atoms with Gasteiger partial charge in [-0.1, -0.05) is 61.0 Å². The maximum Gasteiger partial charge on any atom is 0.343 e. The maximum atomic E-state index is 12.3. The number of carbonyl (C=O) groups is 1. The van der Waals surface area contributed by atoms with E-state index in [1.54, 1.807) is 36.4 Å².